The highest BCUT2D eigenvalue weighted by atomic mass is 35.5. The molecule has 0 radical (unpaired) electrons. The van der Waals surface area contributed by atoms with Gasteiger partial charge in [-0.2, -0.15) is 0 Å². The Labute approximate surface area is 99.8 Å². The molecule has 1 N–H and O–H groups in total. The Morgan fingerprint density at radius 2 is 2.20 bits per heavy atom. The van der Waals surface area contributed by atoms with Crippen molar-refractivity contribution in [1.29, 1.82) is 0 Å². The molecule has 0 spiro atoms. The first-order chi connectivity index (χ1) is 6.94. The summed E-state index contributed by atoms with van der Waals surface area (Å²) in [5.74, 6) is 0. The molecule has 0 saturated carbocycles. The van der Waals surface area contributed by atoms with Gasteiger partial charge in [-0.3, -0.25) is 0 Å². The summed E-state index contributed by atoms with van der Waals surface area (Å²) in [7, 11) is 1.69. The lowest BCUT2D eigenvalue weighted by atomic mass is 9.99. The molecule has 1 unspecified atom stereocenters. The Bertz CT molecular complexity index is 309. The van der Waals surface area contributed by atoms with Crippen LogP contribution in [-0.4, -0.2) is 17.8 Å². The SMILES string of the molecule is COC(C)(C)CCC(O)c1ccc(Cl)s1. The van der Waals surface area contributed by atoms with Gasteiger partial charge in [0.15, 0.2) is 0 Å². The number of hydrogen-bond acceptors (Lipinski definition) is 3. The normalized spacial score (nSPS) is 14.2. The number of hydrogen-bond donors (Lipinski definition) is 1. The molecule has 1 aromatic rings. The smallest absolute Gasteiger partial charge is 0.0932 e. The van der Waals surface area contributed by atoms with Crippen molar-refractivity contribution in [1.82, 2.24) is 0 Å². The van der Waals surface area contributed by atoms with Crippen molar-refractivity contribution in [2.24, 2.45) is 0 Å². The largest absolute Gasteiger partial charge is 0.388 e. The maximum absolute atomic E-state index is 9.89. The fourth-order valence-electron chi connectivity index (χ4n) is 1.24. The number of ether oxygens (including phenoxy) is 1. The molecule has 0 aliphatic carbocycles. The molecule has 0 saturated heterocycles. The van der Waals surface area contributed by atoms with Gasteiger partial charge in [-0.1, -0.05) is 11.6 Å². The zero-order valence-electron chi connectivity index (χ0n) is 9.29. The first-order valence-corrected chi connectivity index (χ1v) is 6.12. The second-order valence-electron chi connectivity index (χ2n) is 4.16. The average molecular weight is 249 g/mol. The highest BCUT2D eigenvalue weighted by molar-refractivity contribution is 7.16. The summed E-state index contributed by atoms with van der Waals surface area (Å²) in [4.78, 5) is 0.923. The molecule has 0 aromatic carbocycles. The lowest BCUT2D eigenvalue weighted by molar-refractivity contribution is 0.00310. The van der Waals surface area contributed by atoms with E-state index in [4.69, 9.17) is 16.3 Å². The third-order valence-corrected chi connectivity index (χ3v) is 3.83. The van der Waals surface area contributed by atoms with Crippen LogP contribution in [0.3, 0.4) is 0 Å². The number of rotatable bonds is 5. The predicted octanol–water partition coefficient (Wildman–Crippen LogP) is 3.64. The first kappa shape index (κ1) is 13.0. The van der Waals surface area contributed by atoms with Crippen molar-refractivity contribution in [2.75, 3.05) is 7.11 Å². The van der Waals surface area contributed by atoms with Crippen LogP contribution in [0.4, 0.5) is 0 Å². The molecule has 0 aliphatic heterocycles. The van der Waals surface area contributed by atoms with Gasteiger partial charge in [0.05, 0.1) is 16.0 Å². The second-order valence-corrected chi connectivity index (χ2v) is 5.91. The number of thiophene rings is 1. The van der Waals surface area contributed by atoms with Crippen LogP contribution in [0.5, 0.6) is 0 Å². The van der Waals surface area contributed by atoms with Gasteiger partial charge in [-0.15, -0.1) is 11.3 Å². The van der Waals surface area contributed by atoms with Crippen LogP contribution in [0.2, 0.25) is 4.34 Å². The fraction of sp³-hybridized carbons (Fsp3) is 0.636. The van der Waals surface area contributed by atoms with E-state index in [1.165, 1.54) is 11.3 Å². The highest BCUT2D eigenvalue weighted by Gasteiger charge is 2.19. The van der Waals surface area contributed by atoms with E-state index in [2.05, 4.69) is 0 Å². The molecule has 86 valence electrons. The molecule has 15 heavy (non-hydrogen) atoms. The van der Waals surface area contributed by atoms with Gasteiger partial charge in [-0.05, 0) is 38.8 Å². The van der Waals surface area contributed by atoms with Gasteiger partial charge in [0, 0.05) is 12.0 Å². The minimum atomic E-state index is -0.433. The number of aliphatic hydroxyl groups excluding tert-OH is 1. The quantitative estimate of drug-likeness (QED) is 0.862. The number of aliphatic hydroxyl groups is 1. The van der Waals surface area contributed by atoms with Crippen LogP contribution in [0.15, 0.2) is 12.1 Å². The standard InChI is InChI=1S/C11H17ClO2S/c1-11(2,14-3)7-6-8(13)9-4-5-10(12)15-9/h4-5,8,13H,6-7H2,1-3H3. The Balaban J connectivity index is 2.46. The van der Waals surface area contributed by atoms with E-state index < -0.39 is 6.10 Å². The topological polar surface area (TPSA) is 29.5 Å². The summed E-state index contributed by atoms with van der Waals surface area (Å²) in [6.45, 7) is 4.03. The molecule has 1 heterocycles. The average Bonchev–Trinajstić information content (AvgIpc) is 2.61. The molecule has 1 aromatic heterocycles. The van der Waals surface area contributed by atoms with Gasteiger partial charge in [-0.25, -0.2) is 0 Å². The summed E-state index contributed by atoms with van der Waals surface area (Å²) >= 11 is 7.23. The summed E-state index contributed by atoms with van der Waals surface area (Å²) in [5.41, 5.74) is -0.179. The Hall–Kier alpha value is -0.0900. The van der Waals surface area contributed by atoms with Crippen molar-refractivity contribution >= 4 is 22.9 Å². The lowest BCUT2D eigenvalue weighted by Crippen LogP contribution is -2.22. The Morgan fingerprint density at radius 3 is 2.67 bits per heavy atom. The van der Waals surface area contributed by atoms with E-state index in [1.54, 1.807) is 7.11 Å². The zero-order valence-corrected chi connectivity index (χ0v) is 10.9. The van der Waals surface area contributed by atoms with Crippen LogP contribution in [0, 0.1) is 0 Å². The monoisotopic (exact) mass is 248 g/mol. The van der Waals surface area contributed by atoms with Crippen molar-refractivity contribution in [3.05, 3.63) is 21.3 Å². The van der Waals surface area contributed by atoms with E-state index in [0.29, 0.717) is 6.42 Å². The molecule has 0 aliphatic rings. The minimum absolute atomic E-state index is 0.179. The minimum Gasteiger partial charge on any atom is -0.388 e. The van der Waals surface area contributed by atoms with E-state index in [-0.39, 0.29) is 5.60 Å². The van der Waals surface area contributed by atoms with Crippen LogP contribution >= 0.6 is 22.9 Å². The third kappa shape index (κ3) is 4.11. The van der Waals surface area contributed by atoms with Crippen LogP contribution in [0.25, 0.3) is 0 Å². The second kappa shape index (κ2) is 5.30. The van der Waals surface area contributed by atoms with Gasteiger partial charge in [0.1, 0.15) is 0 Å². The van der Waals surface area contributed by atoms with Crippen LogP contribution in [-0.2, 0) is 4.74 Å². The molecule has 1 atom stereocenters. The highest BCUT2D eigenvalue weighted by Crippen LogP contribution is 2.31. The number of methoxy groups -OCH3 is 1. The van der Waals surface area contributed by atoms with Crippen LogP contribution < -0.4 is 0 Å². The Kier molecular flexibility index (Phi) is 4.59. The molecule has 1 rings (SSSR count). The maximum Gasteiger partial charge on any atom is 0.0932 e. The Morgan fingerprint density at radius 1 is 1.53 bits per heavy atom. The third-order valence-electron chi connectivity index (χ3n) is 2.49. The van der Waals surface area contributed by atoms with Gasteiger partial charge >= 0.3 is 0 Å². The van der Waals surface area contributed by atoms with E-state index >= 15 is 0 Å². The summed E-state index contributed by atoms with van der Waals surface area (Å²) in [6.07, 6.45) is 1.08. The molecule has 0 bridgehead atoms. The molecular formula is C11H17ClO2S. The van der Waals surface area contributed by atoms with E-state index in [0.717, 1.165) is 15.6 Å². The molecular weight excluding hydrogens is 232 g/mol. The summed E-state index contributed by atoms with van der Waals surface area (Å²) in [6, 6.07) is 3.68. The van der Waals surface area contributed by atoms with E-state index in [1.807, 2.05) is 26.0 Å². The van der Waals surface area contributed by atoms with Crippen molar-refractivity contribution in [3.63, 3.8) is 0 Å². The van der Waals surface area contributed by atoms with Gasteiger partial charge in [0.25, 0.3) is 0 Å². The number of halogens is 1. The van der Waals surface area contributed by atoms with Crippen molar-refractivity contribution < 1.29 is 9.84 Å². The van der Waals surface area contributed by atoms with E-state index in [9.17, 15) is 5.11 Å². The summed E-state index contributed by atoms with van der Waals surface area (Å²) < 4.78 is 6.01. The van der Waals surface area contributed by atoms with Crippen LogP contribution in [0.1, 0.15) is 37.7 Å². The van der Waals surface area contributed by atoms with Crippen molar-refractivity contribution in [3.8, 4) is 0 Å². The molecule has 0 fully saturated rings. The first-order valence-electron chi connectivity index (χ1n) is 4.93. The van der Waals surface area contributed by atoms with Gasteiger partial charge in [0.2, 0.25) is 0 Å². The van der Waals surface area contributed by atoms with Crippen molar-refractivity contribution in [2.45, 2.75) is 38.4 Å². The zero-order chi connectivity index (χ0) is 11.5. The van der Waals surface area contributed by atoms with Gasteiger partial charge < -0.3 is 9.84 Å². The molecule has 2 nitrogen and oxygen atoms in total. The fourth-order valence-corrected chi connectivity index (χ4v) is 2.32. The predicted molar refractivity (Wildman–Crippen MR) is 64.6 cm³/mol. The molecule has 4 heteroatoms. The lowest BCUT2D eigenvalue weighted by Gasteiger charge is -2.23. The summed E-state index contributed by atoms with van der Waals surface area (Å²) in [5, 5.41) is 9.89. The molecule has 0 amide bonds. The maximum atomic E-state index is 9.89.